The molecule has 0 aliphatic heterocycles. The van der Waals surface area contributed by atoms with Gasteiger partial charge in [-0.1, -0.05) is 133 Å². The Morgan fingerprint density at radius 1 is 0.520 bits per heavy atom. The highest BCUT2D eigenvalue weighted by Gasteiger charge is 2.20. The summed E-state index contributed by atoms with van der Waals surface area (Å²) in [5, 5.41) is 8.86. The SMILES string of the molecule is C=N/C(=N\C(=N/Cc1ccccc1)c1cc2ccccc2c2ccccc12)c1ccc(-c2ccc3ccccc3c2)c2oc3ccccc3c12. The van der Waals surface area contributed by atoms with Gasteiger partial charge in [-0.25, -0.2) is 9.98 Å². The maximum Gasteiger partial charge on any atom is 0.161 e. The van der Waals surface area contributed by atoms with Crippen molar-refractivity contribution in [2.45, 2.75) is 6.54 Å². The van der Waals surface area contributed by atoms with Crippen LogP contribution in [0.15, 0.2) is 183 Å². The predicted molar refractivity (Wildman–Crippen MR) is 211 cm³/mol. The summed E-state index contributed by atoms with van der Waals surface area (Å²) >= 11 is 0. The molecule has 0 N–H and O–H groups in total. The molecule has 4 heteroatoms. The summed E-state index contributed by atoms with van der Waals surface area (Å²) in [6.45, 7) is 4.50. The van der Waals surface area contributed by atoms with Gasteiger partial charge in [0, 0.05) is 27.5 Å². The number of rotatable bonds is 5. The van der Waals surface area contributed by atoms with E-state index >= 15 is 0 Å². The number of amidine groups is 2. The quantitative estimate of drug-likeness (QED) is 0.105. The molecule has 9 aromatic rings. The predicted octanol–water partition coefficient (Wildman–Crippen LogP) is 11.8. The van der Waals surface area contributed by atoms with Crippen LogP contribution >= 0.6 is 0 Å². The van der Waals surface area contributed by atoms with Gasteiger partial charge in [-0.15, -0.1) is 0 Å². The van der Waals surface area contributed by atoms with Gasteiger partial charge in [-0.05, 0) is 80.5 Å². The third-order valence-corrected chi connectivity index (χ3v) is 9.45. The minimum absolute atomic E-state index is 0.468. The van der Waals surface area contributed by atoms with Gasteiger partial charge in [-0.2, -0.15) is 0 Å². The first-order valence-corrected chi connectivity index (χ1v) is 16.7. The number of benzene rings is 8. The van der Waals surface area contributed by atoms with E-state index in [1.807, 2.05) is 36.4 Å². The summed E-state index contributed by atoms with van der Waals surface area (Å²) in [4.78, 5) is 15.0. The average Bonchev–Trinajstić information content (AvgIpc) is 3.58. The van der Waals surface area contributed by atoms with Crippen LogP contribution in [0.5, 0.6) is 0 Å². The number of para-hydroxylation sites is 1. The van der Waals surface area contributed by atoms with Gasteiger partial charge in [0.05, 0.1) is 6.54 Å². The van der Waals surface area contributed by atoms with Crippen LogP contribution in [0, 0.1) is 0 Å². The monoisotopic (exact) mass is 641 g/mol. The van der Waals surface area contributed by atoms with Crippen LogP contribution in [0.25, 0.3) is 65.4 Å². The van der Waals surface area contributed by atoms with Crippen LogP contribution in [0.3, 0.4) is 0 Å². The summed E-state index contributed by atoms with van der Waals surface area (Å²) in [6.07, 6.45) is 0. The van der Waals surface area contributed by atoms with E-state index in [0.29, 0.717) is 18.2 Å². The second-order valence-corrected chi connectivity index (χ2v) is 12.4. The van der Waals surface area contributed by atoms with E-state index in [9.17, 15) is 0 Å². The molecule has 0 saturated heterocycles. The smallest absolute Gasteiger partial charge is 0.161 e. The van der Waals surface area contributed by atoms with Gasteiger partial charge < -0.3 is 4.42 Å². The molecule has 9 rings (SSSR count). The fourth-order valence-corrected chi connectivity index (χ4v) is 7.05. The summed E-state index contributed by atoms with van der Waals surface area (Å²) in [7, 11) is 0. The molecule has 1 aromatic heterocycles. The van der Waals surface area contributed by atoms with Crippen molar-refractivity contribution < 1.29 is 4.42 Å². The lowest BCUT2D eigenvalue weighted by atomic mass is 9.96. The van der Waals surface area contributed by atoms with E-state index in [-0.39, 0.29) is 0 Å². The Kier molecular flexibility index (Phi) is 7.33. The first-order valence-electron chi connectivity index (χ1n) is 16.7. The van der Waals surface area contributed by atoms with Crippen molar-refractivity contribution in [3.05, 3.63) is 180 Å². The molecule has 0 fully saturated rings. The zero-order valence-corrected chi connectivity index (χ0v) is 27.3. The van der Waals surface area contributed by atoms with Gasteiger partial charge in [0.15, 0.2) is 11.7 Å². The van der Waals surface area contributed by atoms with Gasteiger partial charge in [0.2, 0.25) is 0 Å². The van der Waals surface area contributed by atoms with Gasteiger partial charge in [0.25, 0.3) is 0 Å². The highest BCUT2D eigenvalue weighted by atomic mass is 16.3. The molecule has 0 radical (unpaired) electrons. The largest absolute Gasteiger partial charge is 0.455 e. The Bertz CT molecular complexity index is 2810. The van der Waals surface area contributed by atoms with Gasteiger partial charge >= 0.3 is 0 Å². The molecule has 0 saturated carbocycles. The molecule has 0 bridgehead atoms. The number of furan rings is 1. The molecule has 50 heavy (non-hydrogen) atoms. The van der Waals surface area contributed by atoms with Crippen LogP contribution in [0.2, 0.25) is 0 Å². The molecule has 0 unspecified atom stereocenters. The molecule has 0 spiro atoms. The topological polar surface area (TPSA) is 50.2 Å². The van der Waals surface area contributed by atoms with E-state index in [0.717, 1.165) is 65.9 Å². The van der Waals surface area contributed by atoms with E-state index in [4.69, 9.17) is 14.4 Å². The molecule has 236 valence electrons. The van der Waals surface area contributed by atoms with E-state index < -0.39 is 0 Å². The van der Waals surface area contributed by atoms with E-state index in [1.54, 1.807) is 0 Å². The van der Waals surface area contributed by atoms with Crippen molar-refractivity contribution >= 4 is 72.6 Å². The van der Waals surface area contributed by atoms with E-state index in [1.165, 1.54) is 16.2 Å². The first-order chi connectivity index (χ1) is 24.7. The zero-order valence-electron chi connectivity index (χ0n) is 27.3. The molecule has 0 aliphatic rings. The molecule has 4 nitrogen and oxygen atoms in total. The van der Waals surface area contributed by atoms with Crippen LogP contribution in [0.1, 0.15) is 16.7 Å². The lowest BCUT2D eigenvalue weighted by Gasteiger charge is -2.13. The van der Waals surface area contributed by atoms with Crippen molar-refractivity contribution in [3.8, 4) is 11.1 Å². The Hall–Kier alpha value is -6.65. The van der Waals surface area contributed by atoms with Gasteiger partial charge in [0.1, 0.15) is 11.2 Å². The lowest BCUT2D eigenvalue weighted by molar-refractivity contribution is 0.670. The highest BCUT2D eigenvalue weighted by molar-refractivity contribution is 6.26. The lowest BCUT2D eigenvalue weighted by Crippen LogP contribution is -2.07. The molecule has 0 amide bonds. The Morgan fingerprint density at radius 2 is 1.20 bits per heavy atom. The van der Waals surface area contributed by atoms with Crippen molar-refractivity contribution in [3.63, 3.8) is 0 Å². The molecule has 1 heterocycles. The van der Waals surface area contributed by atoms with Crippen molar-refractivity contribution in [1.29, 1.82) is 0 Å². The molecular formula is C46H31N3O. The third-order valence-electron chi connectivity index (χ3n) is 9.45. The second-order valence-electron chi connectivity index (χ2n) is 12.4. The van der Waals surface area contributed by atoms with Crippen molar-refractivity contribution in [2.75, 3.05) is 0 Å². The molecule has 0 aliphatic carbocycles. The fourth-order valence-electron chi connectivity index (χ4n) is 7.05. The first kappa shape index (κ1) is 29.5. The van der Waals surface area contributed by atoms with E-state index in [2.05, 4.69) is 139 Å². The van der Waals surface area contributed by atoms with Gasteiger partial charge in [-0.3, -0.25) is 4.99 Å². The molecule has 8 aromatic carbocycles. The summed E-state index contributed by atoms with van der Waals surface area (Å²) < 4.78 is 6.64. The van der Waals surface area contributed by atoms with Crippen molar-refractivity contribution in [1.82, 2.24) is 0 Å². The third kappa shape index (κ3) is 5.15. The summed E-state index contributed by atoms with van der Waals surface area (Å²) in [5.74, 6) is 1.08. The molecular weight excluding hydrogens is 611 g/mol. The minimum Gasteiger partial charge on any atom is -0.455 e. The number of fused-ring (bicyclic) bond motifs is 7. The van der Waals surface area contributed by atoms with Crippen LogP contribution in [-0.4, -0.2) is 18.4 Å². The zero-order chi connectivity index (χ0) is 33.4. The van der Waals surface area contributed by atoms with Crippen LogP contribution < -0.4 is 0 Å². The standard InChI is InChI=1S/C46H31N3O/c1-47-45(40-26-25-36(34-24-23-31-15-5-6-16-32(31)27-34)44-43(40)39-21-11-12-22-42(39)50-44)49-46(48-29-30-13-3-2-4-14-30)41-28-33-17-7-8-18-35(33)37-19-9-10-20-38(37)41/h2-28H,1,29H2/b48-46-,49-45-. The number of hydrogen-bond acceptors (Lipinski definition) is 2. The maximum absolute atomic E-state index is 6.64. The molecule has 0 atom stereocenters. The fraction of sp³-hybridized carbons (Fsp3) is 0.0217. The van der Waals surface area contributed by atoms with Crippen LogP contribution in [0.4, 0.5) is 0 Å². The normalized spacial score (nSPS) is 12.4. The Balaban J connectivity index is 1.28. The average molecular weight is 642 g/mol. The maximum atomic E-state index is 6.64. The summed E-state index contributed by atoms with van der Waals surface area (Å²) in [6, 6.07) is 56.7. The number of nitrogens with zero attached hydrogens (tertiary/aromatic N) is 3. The summed E-state index contributed by atoms with van der Waals surface area (Å²) in [5.41, 5.74) is 6.55. The van der Waals surface area contributed by atoms with Crippen molar-refractivity contribution in [2.24, 2.45) is 15.0 Å². The Morgan fingerprint density at radius 3 is 2.02 bits per heavy atom. The Labute approximate surface area is 289 Å². The van der Waals surface area contributed by atoms with Crippen LogP contribution in [-0.2, 0) is 6.54 Å². The number of aliphatic imine (C=N–C) groups is 3. The minimum atomic E-state index is 0.468. The second kappa shape index (κ2) is 12.4. The highest BCUT2D eigenvalue weighted by Crippen LogP contribution is 2.39. The number of hydrogen-bond donors (Lipinski definition) is 0.